The first-order chi connectivity index (χ1) is 9.16. The summed E-state index contributed by atoms with van der Waals surface area (Å²) in [5.41, 5.74) is 0.452. The average Bonchev–Trinajstić information content (AvgIpc) is 2.40. The molecule has 0 bridgehead atoms. The molecule has 0 aromatic heterocycles. The van der Waals surface area contributed by atoms with E-state index >= 15 is 0 Å². The Labute approximate surface area is 114 Å². The van der Waals surface area contributed by atoms with Gasteiger partial charge in [0.1, 0.15) is 0 Å². The van der Waals surface area contributed by atoms with Crippen LogP contribution in [0, 0.1) is 5.41 Å². The molecule has 1 aliphatic rings. The van der Waals surface area contributed by atoms with Crippen molar-refractivity contribution in [3.63, 3.8) is 0 Å². The van der Waals surface area contributed by atoms with Crippen LogP contribution in [0.2, 0.25) is 0 Å². The highest BCUT2D eigenvalue weighted by Crippen LogP contribution is 2.34. The van der Waals surface area contributed by atoms with Gasteiger partial charge in [0, 0.05) is 13.1 Å². The van der Waals surface area contributed by atoms with Gasteiger partial charge in [-0.25, -0.2) is 0 Å². The first-order valence-corrected chi connectivity index (χ1v) is 6.77. The minimum absolute atomic E-state index is 0.608. The molecule has 19 heavy (non-hydrogen) atoms. The van der Waals surface area contributed by atoms with Gasteiger partial charge in [0.2, 0.25) is 0 Å². The Morgan fingerprint density at radius 2 is 2.16 bits per heavy atom. The molecule has 1 aromatic carbocycles. The first kappa shape index (κ1) is 13.8. The molecule has 0 aliphatic carbocycles. The highest BCUT2D eigenvalue weighted by atomic mass is 16.4. The van der Waals surface area contributed by atoms with E-state index in [2.05, 4.69) is 11.5 Å². The van der Waals surface area contributed by atoms with E-state index in [1.165, 1.54) is 0 Å². The van der Waals surface area contributed by atoms with Crippen molar-refractivity contribution in [1.29, 1.82) is 0 Å². The number of carboxylic acids is 1. The molecule has 0 spiro atoms. The number of likely N-dealkylation sites (tertiary alicyclic amines) is 1. The lowest BCUT2D eigenvalue weighted by molar-refractivity contribution is -0.152. The van der Waals surface area contributed by atoms with Crippen LogP contribution in [0.1, 0.15) is 18.4 Å². The van der Waals surface area contributed by atoms with Gasteiger partial charge in [0.05, 0.1) is 5.41 Å². The second-order valence-corrected chi connectivity index (χ2v) is 5.38. The number of aliphatic carboxylic acids is 1. The first-order valence-electron chi connectivity index (χ1n) is 6.77. The topological polar surface area (TPSA) is 40.5 Å². The molecule has 0 amide bonds. The van der Waals surface area contributed by atoms with E-state index in [4.69, 9.17) is 0 Å². The van der Waals surface area contributed by atoms with E-state index in [-0.39, 0.29) is 0 Å². The molecule has 102 valence electrons. The number of carboxylic acid groups (broad SMARTS) is 1. The highest BCUT2D eigenvalue weighted by Gasteiger charge is 2.42. The summed E-state index contributed by atoms with van der Waals surface area (Å²) in [6.07, 6.45) is 4.15. The van der Waals surface area contributed by atoms with Gasteiger partial charge in [-0.05, 0) is 31.4 Å². The maximum absolute atomic E-state index is 11.8. The minimum atomic E-state index is -0.676. The van der Waals surface area contributed by atoms with Gasteiger partial charge < -0.3 is 5.11 Å². The Balaban J connectivity index is 2.18. The molecule has 0 saturated carbocycles. The van der Waals surface area contributed by atoms with E-state index in [1.807, 2.05) is 36.4 Å². The molecule has 0 radical (unpaired) electrons. The zero-order valence-electron chi connectivity index (χ0n) is 11.2. The van der Waals surface area contributed by atoms with Crippen LogP contribution in [0.4, 0.5) is 0 Å². The number of piperidine rings is 1. The van der Waals surface area contributed by atoms with Gasteiger partial charge in [-0.2, -0.15) is 0 Å². The minimum Gasteiger partial charge on any atom is -0.481 e. The molecular weight excluding hydrogens is 238 g/mol. The smallest absolute Gasteiger partial charge is 0.311 e. The van der Waals surface area contributed by atoms with Crippen LogP contribution in [0.25, 0.3) is 0 Å². The maximum atomic E-state index is 11.8. The van der Waals surface area contributed by atoms with Crippen LogP contribution >= 0.6 is 0 Å². The summed E-state index contributed by atoms with van der Waals surface area (Å²) in [4.78, 5) is 14.0. The van der Waals surface area contributed by atoms with E-state index in [1.54, 1.807) is 0 Å². The summed E-state index contributed by atoms with van der Waals surface area (Å²) in [5.74, 6) is -0.676. The van der Waals surface area contributed by atoms with Crippen molar-refractivity contribution in [2.24, 2.45) is 5.41 Å². The van der Waals surface area contributed by atoms with Crippen LogP contribution in [0.15, 0.2) is 43.0 Å². The standard InChI is InChI=1S/C16H21NO2/c1-2-10-17-11-6-9-16(13-17,15(18)19)12-14-7-4-3-5-8-14/h2-5,7-8H,1,6,9-13H2,(H,18,19)/t16-/m1/s1. The number of carbonyl (C=O) groups is 1. The fourth-order valence-electron chi connectivity index (χ4n) is 2.95. The van der Waals surface area contributed by atoms with Crippen molar-refractivity contribution >= 4 is 5.97 Å². The van der Waals surface area contributed by atoms with Crippen molar-refractivity contribution in [2.45, 2.75) is 19.3 Å². The molecular formula is C16H21NO2. The normalized spacial score (nSPS) is 24.0. The largest absolute Gasteiger partial charge is 0.481 e. The Hall–Kier alpha value is -1.61. The lowest BCUT2D eigenvalue weighted by atomic mass is 9.75. The van der Waals surface area contributed by atoms with Crippen LogP contribution in [0.3, 0.4) is 0 Å². The van der Waals surface area contributed by atoms with Crippen molar-refractivity contribution < 1.29 is 9.90 Å². The number of hydrogen-bond donors (Lipinski definition) is 1. The SMILES string of the molecule is C=CCN1CCC[C@](Cc2ccccc2)(C(=O)O)C1. The molecule has 3 nitrogen and oxygen atoms in total. The third-order valence-electron chi connectivity index (χ3n) is 3.88. The molecule has 1 heterocycles. The Morgan fingerprint density at radius 1 is 1.42 bits per heavy atom. The van der Waals surface area contributed by atoms with Crippen LogP contribution in [-0.4, -0.2) is 35.6 Å². The van der Waals surface area contributed by atoms with Crippen LogP contribution in [0.5, 0.6) is 0 Å². The fraction of sp³-hybridized carbons (Fsp3) is 0.438. The summed E-state index contributed by atoms with van der Waals surface area (Å²) in [7, 11) is 0. The molecule has 2 rings (SSSR count). The van der Waals surface area contributed by atoms with E-state index in [9.17, 15) is 9.90 Å². The highest BCUT2D eigenvalue weighted by molar-refractivity contribution is 5.75. The Kier molecular flexibility index (Phi) is 4.38. The quantitative estimate of drug-likeness (QED) is 0.826. The second-order valence-electron chi connectivity index (χ2n) is 5.38. The third kappa shape index (κ3) is 3.24. The van der Waals surface area contributed by atoms with Crippen molar-refractivity contribution in [1.82, 2.24) is 4.90 Å². The fourth-order valence-corrected chi connectivity index (χ4v) is 2.95. The van der Waals surface area contributed by atoms with Crippen molar-refractivity contribution in [3.05, 3.63) is 48.6 Å². The second kappa shape index (κ2) is 6.02. The lowest BCUT2D eigenvalue weighted by Gasteiger charge is -2.39. The maximum Gasteiger partial charge on any atom is 0.311 e. The molecule has 1 atom stereocenters. The zero-order chi connectivity index (χ0) is 13.7. The predicted molar refractivity (Wildman–Crippen MR) is 76.1 cm³/mol. The predicted octanol–water partition coefficient (Wildman–Crippen LogP) is 2.58. The summed E-state index contributed by atoms with van der Waals surface area (Å²) in [6.45, 7) is 6.09. The molecule has 1 aliphatic heterocycles. The molecule has 1 N–H and O–H groups in total. The van der Waals surface area contributed by atoms with Gasteiger partial charge in [0.25, 0.3) is 0 Å². The molecule has 0 unspecified atom stereocenters. The average molecular weight is 259 g/mol. The summed E-state index contributed by atoms with van der Waals surface area (Å²) in [6, 6.07) is 9.92. The van der Waals surface area contributed by atoms with Gasteiger partial charge in [-0.3, -0.25) is 9.69 Å². The van der Waals surface area contributed by atoms with Crippen LogP contribution in [-0.2, 0) is 11.2 Å². The molecule has 1 fully saturated rings. The summed E-state index contributed by atoms with van der Waals surface area (Å²) >= 11 is 0. The summed E-state index contributed by atoms with van der Waals surface area (Å²) < 4.78 is 0. The lowest BCUT2D eigenvalue weighted by Crippen LogP contribution is -2.49. The number of rotatable bonds is 5. The molecule has 3 heteroatoms. The monoisotopic (exact) mass is 259 g/mol. The Morgan fingerprint density at radius 3 is 2.79 bits per heavy atom. The number of hydrogen-bond acceptors (Lipinski definition) is 2. The number of benzene rings is 1. The third-order valence-corrected chi connectivity index (χ3v) is 3.88. The zero-order valence-corrected chi connectivity index (χ0v) is 11.2. The van der Waals surface area contributed by atoms with E-state index < -0.39 is 11.4 Å². The van der Waals surface area contributed by atoms with Crippen molar-refractivity contribution in [3.8, 4) is 0 Å². The number of nitrogens with zero attached hydrogens (tertiary/aromatic N) is 1. The van der Waals surface area contributed by atoms with Crippen molar-refractivity contribution in [2.75, 3.05) is 19.6 Å². The molecule has 1 aromatic rings. The molecule has 1 saturated heterocycles. The van der Waals surface area contributed by atoms with Gasteiger partial charge in [-0.15, -0.1) is 6.58 Å². The van der Waals surface area contributed by atoms with E-state index in [0.717, 1.165) is 31.5 Å². The van der Waals surface area contributed by atoms with Crippen LogP contribution < -0.4 is 0 Å². The van der Waals surface area contributed by atoms with Gasteiger partial charge in [-0.1, -0.05) is 36.4 Å². The van der Waals surface area contributed by atoms with E-state index in [0.29, 0.717) is 13.0 Å². The van der Waals surface area contributed by atoms with Gasteiger partial charge in [0.15, 0.2) is 0 Å². The van der Waals surface area contributed by atoms with Gasteiger partial charge >= 0.3 is 5.97 Å². The Bertz CT molecular complexity index is 443. The summed E-state index contributed by atoms with van der Waals surface area (Å²) in [5, 5.41) is 9.68.